The van der Waals surface area contributed by atoms with Crippen molar-refractivity contribution >= 4 is 11.4 Å². The first-order valence-electron chi connectivity index (χ1n) is 6.89. The number of nitrogens with one attached hydrogen (secondary N) is 2. The molecule has 0 unspecified atom stereocenters. The Morgan fingerprint density at radius 1 is 1.16 bits per heavy atom. The van der Waals surface area contributed by atoms with E-state index in [1.54, 1.807) is 0 Å². The zero-order valence-electron chi connectivity index (χ0n) is 11.2. The lowest BCUT2D eigenvalue weighted by atomic mass is 9.91. The molecule has 1 aliphatic rings. The Kier molecular flexibility index (Phi) is 3.36. The molecule has 3 heteroatoms. The fourth-order valence-corrected chi connectivity index (χ4v) is 2.65. The van der Waals surface area contributed by atoms with Crippen molar-refractivity contribution in [1.82, 2.24) is 4.98 Å². The summed E-state index contributed by atoms with van der Waals surface area (Å²) in [6.45, 7) is 2.01. The second kappa shape index (κ2) is 5.31. The molecule has 0 aliphatic heterocycles. The molecule has 0 bridgehead atoms. The summed E-state index contributed by atoms with van der Waals surface area (Å²) < 4.78 is 0. The van der Waals surface area contributed by atoms with Gasteiger partial charge in [-0.25, -0.2) is 0 Å². The molecule has 0 saturated carbocycles. The quantitative estimate of drug-likeness (QED) is 0.635. The van der Waals surface area contributed by atoms with Crippen LogP contribution in [0.5, 0.6) is 0 Å². The second-order valence-electron chi connectivity index (χ2n) is 5.04. The van der Waals surface area contributed by atoms with Gasteiger partial charge in [0, 0.05) is 6.20 Å². The van der Waals surface area contributed by atoms with Crippen molar-refractivity contribution in [1.29, 1.82) is 0 Å². The molecular weight excluding hydrogens is 234 g/mol. The minimum atomic E-state index is 0.971. The average molecular weight is 253 g/mol. The Balaban J connectivity index is 1.82. The second-order valence-corrected chi connectivity index (χ2v) is 5.04. The van der Waals surface area contributed by atoms with Gasteiger partial charge in [0.2, 0.25) is 0 Å². The van der Waals surface area contributed by atoms with Gasteiger partial charge in [-0.05, 0) is 61.9 Å². The van der Waals surface area contributed by atoms with Gasteiger partial charge in [-0.3, -0.25) is 5.43 Å². The van der Waals surface area contributed by atoms with Gasteiger partial charge in [-0.2, -0.15) is 5.10 Å². The van der Waals surface area contributed by atoms with Crippen LogP contribution in [-0.2, 0) is 12.8 Å². The number of fused-ring (bicyclic) bond motifs is 1. The van der Waals surface area contributed by atoms with Gasteiger partial charge in [0.15, 0.2) is 0 Å². The number of aromatic amines is 1. The van der Waals surface area contributed by atoms with E-state index in [1.807, 2.05) is 25.3 Å². The van der Waals surface area contributed by atoms with E-state index in [2.05, 4.69) is 33.7 Å². The Hall–Kier alpha value is -2.03. The molecule has 3 nitrogen and oxygen atoms in total. The third-order valence-electron chi connectivity index (χ3n) is 3.73. The number of hydrogen-bond donors (Lipinski definition) is 2. The summed E-state index contributed by atoms with van der Waals surface area (Å²) in [5, 5.41) is 4.48. The van der Waals surface area contributed by atoms with Crippen molar-refractivity contribution in [2.24, 2.45) is 5.10 Å². The molecule has 0 saturated heterocycles. The van der Waals surface area contributed by atoms with Gasteiger partial charge in [0.25, 0.3) is 0 Å². The maximum atomic E-state index is 4.48. The highest BCUT2D eigenvalue weighted by atomic mass is 15.3. The number of H-pyrrole nitrogens is 1. The van der Waals surface area contributed by atoms with Crippen molar-refractivity contribution in [3.63, 3.8) is 0 Å². The lowest BCUT2D eigenvalue weighted by Gasteiger charge is -2.18. The summed E-state index contributed by atoms with van der Waals surface area (Å²) in [5.74, 6) is 0. The summed E-state index contributed by atoms with van der Waals surface area (Å²) in [6.07, 6.45) is 6.87. The number of aromatic nitrogens is 1. The SMILES string of the molecule is CC(=NNc1cccc2c1CCCC2)c1ccc[nH]1. The van der Waals surface area contributed by atoms with Crippen LogP contribution in [0.1, 0.15) is 36.6 Å². The predicted molar refractivity (Wildman–Crippen MR) is 79.7 cm³/mol. The Morgan fingerprint density at radius 2 is 2.05 bits per heavy atom. The standard InChI is InChI=1S/C16H19N3/c1-12(15-10-5-11-17-15)18-19-16-9-4-7-13-6-2-3-8-14(13)16/h4-5,7,9-11,17,19H,2-3,6,8H2,1H3. The van der Waals surface area contributed by atoms with Gasteiger partial charge in [0.05, 0.1) is 17.1 Å². The molecule has 3 rings (SSSR count). The highest BCUT2D eigenvalue weighted by Gasteiger charge is 2.12. The van der Waals surface area contributed by atoms with Crippen LogP contribution < -0.4 is 5.43 Å². The van der Waals surface area contributed by atoms with E-state index in [-0.39, 0.29) is 0 Å². The maximum absolute atomic E-state index is 4.48. The molecular formula is C16H19N3. The molecule has 0 amide bonds. The van der Waals surface area contributed by atoms with Crippen molar-refractivity contribution < 1.29 is 0 Å². The molecule has 1 aliphatic carbocycles. The topological polar surface area (TPSA) is 40.2 Å². The Morgan fingerprint density at radius 3 is 2.89 bits per heavy atom. The molecule has 1 heterocycles. The minimum absolute atomic E-state index is 0.971. The van der Waals surface area contributed by atoms with Crippen LogP contribution >= 0.6 is 0 Å². The lowest BCUT2D eigenvalue weighted by molar-refractivity contribution is 0.686. The molecule has 98 valence electrons. The molecule has 2 N–H and O–H groups in total. The summed E-state index contributed by atoms with van der Waals surface area (Å²) in [6, 6.07) is 10.5. The Labute approximate surface area is 113 Å². The first kappa shape index (κ1) is 12.0. The van der Waals surface area contributed by atoms with Gasteiger partial charge in [-0.1, -0.05) is 12.1 Å². The van der Waals surface area contributed by atoms with Crippen LogP contribution in [-0.4, -0.2) is 10.7 Å². The number of aryl methyl sites for hydroxylation is 1. The molecule has 1 aromatic carbocycles. The highest BCUT2D eigenvalue weighted by Crippen LogP contribution is 2.27. The molecule has 0 spiro atoms. The minimum Gasteiger partial charge on any atom is -0.360 e. The first-order valence-corrected chi connectivity index (χ1v) is 6.89. The van der Waals surface area contributed by atoms with Crippen LogP contribution in [0.25, 0.3) is 0 Å². The molecule has 0 atom stereocenters. The molecule has 2 aromatic rings. The van der Waals surface area contributed by atoms with E-state index in [0.29, 0.717) is 0 Å². The van der Waals surface area contributed by atoms with Crippen LogP contribution in [0.2, 0.25) is 0 Å². The van der Waals surface area contributed by atoms with Gasteiger partial charge < -0.3 is 4.98 Å². The van der Waals surface area contributed by atoms with Crippen molar-refractivity contribution in [3.8, 4) is 0 Å². The smallest absolute Gasteiger partial charge is 0.0810 e. The zero-order chi connectivity index (χ0) is 13.1. The van der Waals surface area contributed by atoms with E-state index >= 15 is 0 Å². The summed E-state index contributed by atoms with van der Waals surface area (Å²) in [4.78, 5) is 3.16. The molecule has 0 fully saturated rings. The van der Waals surface area contributed by atoms with E-state index in [9.17, 15) is 0 Å². The fourth-order valence-electron chi connectivity index (χ4n) is 2.65. The summed E-state index contributed by atoms with van der Waals surface area (Å²) in [7, 11) is 0. The van der Waals surface area contributed by atoms with Gasteiger partial charge in [-0.15, -0.1) is 0 Å². The average Bonchev–Trinajstić information content (AvgIpc) is 2.99. The monoisotopic (exact) mass is 253 g/mol. The van der Waals surface area contributed by atoms with Crippen LogP contribution in [0, 0.1) is 0 Å². The van der Waals surface area contributed by atoms with Crippen molar-refractivity contribution in [2.45, 2.75) is 32.6 Å². The number of hydrazone groups is 1. The zero-order valence-corrected chi connectivity index (χ0v) is 11.2. The van der Waals surface area contributed by atoms with Crippen LogP contribution in [0.3, 0.4) is 0 Å². The predicted octanol–water partition coefficient (Wildman–Crippen LogP) is 3.73. The van der Waals surface area contributed by atoms with Crippen LogP contribution in [0.4, 0.5) is 5.69 Å². The highest BCUT2D eigenvalue weighted by molar-refractivity contribution is 5.97. The summed E-state index contributed by atoms with van der Waals surface area (Å²) in [5.41, 5.74) is 9.33. The molecule has 1 aromatic heterocycles. The number of nitrogens with zero attached hydrogens (tertiary/aromatic N) is 1. The number of hydrogen-bond acceptors (Lipinski definition) is 2. The van der Waals surface area contributed by atoms with Crippen molar-refractivity contribution in [2.75, 3.05) is 5.43 Å². The van der Waals surface area contributed by atoms with E-state index < -0.39 is 0 Å². The first-order chi connectivity index (χ1) is 9.34. The van der Waals surface area contributed by atoms with E-state index in [0.717, 1.165) is 23.5 Å². The molecule has 0 radical (unpaired) electrons. The number of rotatable bonds is 3. The maximum Gasteiger partial charge on any atom is 0.0810 e. The van der Waals surface area contributed by atoms with E-state index in [4.69, 9.17) is 0 Å². The normalized spacial score (nSPS) is 15.1. The van der Waals surface area contributed by atoms with E-state index in [1.165, 1.54) is 30.4 Å². The summed E-state index contributed by atoms with van der Waals surface area (Å²) >= 11 is 0. The third kappa shape index (κ3) is 2.55. The number of benzene rings is 1. The third-order valence-corrected chi connectivity index (χ3v) is 3.73. The Bertz CT molecular complexity index is 582. The fraction of sp³-hybridized carbons (Fsp3) is 0.312. The largest absolute Gasteiger partial charge is 0.360 e. The van der Waals surface area contributed by atoms with Gasteiger partial charge >= 0.3 is 0 Å². The van der Waals surface area contributed by atoms with Gasteiger partial charge in [0.1, 0.15) is 0 Å². The van der Waals surface area contributed by atoms with Crippen LogP contribution in [0.15, 0.2) is 41.6 Å². The van der Waals surface area contributed by atoms with Crippen molar-refractivity contribution in [3.05, 3.63) is 53.3 Å². The number of anilines is 1. The lowest BCUT2D eigenvalue weighted by Crippen LogP contribution is -2.07. The molecule has 19 heavy (non-hydrogen) atoms.